The van der Waals surface area contributed by atoms with Gasteiger partial charge >= 0.3 is 0 Å². The molecule has 0 saturated heterocycles. The Hall–Kier alpha value is 0. The zero-order chi connectivity index (χ0) is 9.35. The summed E-state index contributed by atoms with van der Waals surface area (Å²) in [5, 5.41) is 0. The van der Waals surface area contributed by atoms with Crippen LogP contribution in [-0.4, -0.2) is 0 Å². The van der Waals surface area contributed by atoms with Crippen LogP contribution in [0.1, 0.15) is 53.9 Å². The van der Waals surface area contributed by atoms with Crippen LogP contribution in [0.3, 0.4) is 0 Å². The molecule has 3 unspecified atom stereocenters. The molecule has 0 N–H and O–H groups in total. The lowest BCUT2D eigenvalue weighted by molar-refractivity contribution is 0.241. The highest BCUT2D eigenvalue weighted by Crippen LogP contribution is 2.59. The SMILES string of the molecule is CC.CC1CC2CCC1C2(C)C. The van der Waals surface area contributed by atoms with Crippen LogP contribution >= 0.6 is 0 Å². The van der Waals surface area contributed by atoms with Gasteiger partial charge in [0.1, 0.15) is 0 Å². The van der Waals surface area contributed by atoms with Crippen molar-refractivity contribution in [1.29, 1.82) is 0 Å². The van der Waals surface area contributed by atoms with E-state index < -0.39 is 0 Å². The van der Waals surface area contributed by atoms with Crippen molar-refractivity contribution in [3.63, 3.8) is 0 Å². The second-order valence-corrected chi connectivity index (χ2v) is 4.92. The summed E-state index contributed by atoms with van der Waals surface area (Å²) in [5.74, 6) is 3.14. The fourth-order valence-electron chi connectivity index (χ4n) is 3.48. The van der Waals surface area contributed by atoms with Gasteiger partial charge in [-0.3, -0.25) is 0 Å². The Bertz CT molecular complexity index is 146. The van der Waals surface area contributed by atoms with Crippen LogP contribution in [0.15, 0.2) is 0 Å². The van der Waals surface area contributed by atoms with Gasteiger partial charge in [0.05, 0.1) is 0 Å². The third kappa shape index (κ3) is 1.30. The van der Waals surface area contributed by atoms with Crippen LogP contribution in [0.4, 0.5) is 0 Å². The molecule has 0 aromatic rings. The number of rotatable bonds is 0. The van der Waals surface area contributed by atoms with Gasteiger partial charge in [0.2, 0.25) is 0 Å². The lowest BCUT2D eigenvalue weighted by Crippen LogP contribution is -2.18. The van der Waals surface area contributed by atoms with Crippen molar-refractivity contribution in [1.82, 2.24) is 0 Å². The number of fused-ring (bicyclic) bond motifs is 2. The van der Waals surface area contributed by atoms with Gasteiger partial charge in [-0.2, -0.15) is 0 Å². The third-order valence-electron chi connectivity index (χ3n) is 4.18. The van der Waals surface area contributed by atoms with Crippen molar-refractivity contribution in [3.8, 4) is 0 Å². The van der Waals surface area contributed by atoms with Crippen LogP contribution in [-0.2, 0) is 0 Å². The molecule has 0 aliphatic heterocycles. The standard InChI is InChI=1S/C10H18.C2H6/c1-7-6-8-4-5-9(7)10(8,2)3;1-2/h7-9H,4-6H2,1-3H3;1-2H3. The van der Waals surface area contributed by atoms with Crippen molar-refractivity contribution >= 4 is 0 Å². The van der Waals surface area contributed by atoms with E-state index in [-0.39, 0.29) is 0 Å². The van der Waals surface area contributed by atoms with E-state index in [2.05, 4.69) is 20.8 Å². The second kappa shape index (κ2) is 3.40. The lowest BCUT2D eigenvalue weighted by atomic mass is 9.80. The maximum Gasteiger partial charge on any atom is -0.0295 e. The summed E-state index contributed by atoms with van der Waals surface area (Å²) in [6.07, 6.45) is 4.54. The van der Waals surface area contributed by atoms with E-state index in [0.29, 0.717) is 5.41 Å². The minimum absolute atomic E-state index is 0.694. The maximum absolute atomic E-state index is 2.47. The van der Waals surface area contributed by atoms with Crippen molar-refractivity contribution in [2.24, 2.45) is 23.2 Å². The molecule has 0 nitrogen and oxygen atoms in total. The first-order valence-corrected chi connectivity index (χ1v) is 5.62. The predicted octanol–water partition coefficient (Wildman–Crippen LogP) is 4.10. The van der Waals surface area contributed by atoms with Gasteiger partial charge in [0, 0.05) is 0 Å². The minimum Gasteiger partial charge on any atom is -0.0683 e. The Morgan fingerprint density at radius 1 is 1.08 bits per heavy atom. The van der Waals surface area contributed by atoms with Crippen molar-refractivity contribution < 1.29 is 0 Å². The van der Waals surface area contributed by atoms with E-state index >= 15 is 0 Å². The van der Waals surface area contributed by atoms with E-state index in [1.807, 2.05) is 13.8 Å². The summed E-state index contributed by atoms with van der Waals surface area (Å²) in [4.78, 5) is 0. The fourth-order valence-corrected chi connectivity index (χ4v) is 3.48. The molecule has 2 rings (SSSR count). The van der Waals surface area contributed by atoms with E-state index in [0.717, 1.165) is 17.8 Å². The summed E-state index contributed by atoms with van der Waals surface area (Å²) < 4.78 is 0. The van der Waals surface area contributed by atoms with Gasteiger partial charge in [-0.15, -0.1) is 0 Å². The average Bonchev–Trinajstić information content (AvgIpc) is 2.43. The molecule has 0 heteroatoms. The molecule has 0 amide bonds. The van der Waals surface area contributed by atoms with Crippen molar-refractivity contribution in [2.75, 3.05) is 0 Å². The molecular formula is C12H24. The lowest BCUT2D eigenvalue weighted by Gasteiger charge is -2.24. The molecule has 2 fully saturated rings. The van der Waals surface area contributed by atoms with Crippen LogP contribution in [0.5, 0.6) is 0 Å². The highest BCUT2D eigenvalue weighted by Gasteiger charge is 2.51. The molecule has 2 saturated carbocycles. The van der Waals surface area contributed by atoms with E-state index in [9.17, 15) is 0 Å². The first-order valence-electron chi connectivity index (χ1n) is 5.62. The van der Waals surface area contributed by atoms with Gasteiger partial charge in [-0.05, 0) is 42.4 Å². The quantitative estimate of drug-likeness (QED) is 0.511. The Morgan fingerprint density at radius 2 is 1.67 bits per heavy atom. The van der Waals surface area contributed by atoms with E-state index in [4.69, 9.17) is 0 Å². The topological polar surface area (TPSA) is 0 Å². The Labute approximate surface area is 77.7 Å². The zero-order valence-electron chi connectivity index (χ0n) is 9.35. The van der Waals surface area contributed by atoms with Crippen LogP contribution in [0.2, 0.25) is 0 Å². The summed E-state index contributed by atoms with van der Waals surface area (Å²) in [6.45, 7) is 11.4. The van der Waals surface area contributed by atoms with E-state index in [1.54, 1.807) is 0 Å². The number of hydrogen-bond acceptors (Lipinski definition) is 0. The van der Waals surface area contributed by atoms with Crippen molar-refractivity contribution in [2.45, 2.75) is 53.9 Å². The smallest absolute Gasteiger partial charge is 0.0295 e. The molecule has 0 aromatic carbocycles. The zero-order valence-corrected chi connectivity index (χ0v) is 9.35. The Morgan fingerprint density at radius 3 is 1.83 bits per heavy atom. The first-order chi connectivity index (χ1) is 5.62. The fraction of sp³-hybridized carbons (Fsp3) is 1.00. The molecule has 12 heavy (non-hydrogen) atoms. The largest absolute Gasteiger partial charge is 0.0683 e. The molecule has 0 heterocycles. The molecule has 0 aromatic heterocycles. The first kappa shape index (κ1) is 10.1. The maximum atomic E-state index is 2.47. The minimum atomic E-state index is 0.694. The molecule has 2 aliphatic rings. The molecule has 3 atom stereocenters. The molecule has 0 radical (unpaired) electrons. The predicted molar refractivity (Wildman–Crippen MR) is 55.1 cm³/mol. The second-order valence-electron chi connectivity index (χ2n) is 4.92. The molecule has 2 aliphatic carbocycles. The van der Waals surface area contributed by atoms with Crippen LogP contribution in [0, 0.1) is 23.2 Å². The molecular weight excluding hydrogens is 144 g/mol. The summed E-state index contributed by atoms with van der Waals surface area (Å²) in [5.41, 5.74) is 0.694. The van der Waals surface area contributed by atoms with E-state index in [1.165, 1.54) is 19.3 Å². The molecule has 0 spiro atoms. The van der Waals surface area contributed by atoms with Gasteiger partial charge in [-0.1, -0.05) is 34.6 Å². The Balaban J connectivity index is 0.000000336. The third-order valence-corrected chi connectivity index (χ3v) is 4.18. The van der Waals surface area contributed by atoms with Crippen molar-refractivity contribution in [3.05, 3.63) is 0 Å². The normalized spacial score (nSPS) is 42.2. The van der Waals surface area contributed by atoms with Crippen LogP contribution in [0.25, 0.3) is 0 Å². The molecule has 72 valence electrons. The average molecular weight is 168 g/mol. The van der Waals surface area contributed by atoms with Gasteiger partial charge in [0.15, 0.2) is 0 Å². The number of hydrogen-bond donors (Lipinski definition) is 0. The Kier molecular flexibility index (Phi) is 2.85. The van der Waals surface area contributed by atoms with Gasteiger partial charge in [0.25, 0.3) is 0 Å². The molecule has 2 bridgehead atoms. The van der Waals surface area contributed by atoms with Gasteiger partial charge < -0.3 is 0 Å². The van der Waals surface area contributed by atoms with Crippen LogP contribution < -0.4 is 0 Å². The summed E-state index contributed by atoms with van der Waals surface area (Å²) >= 11 is 0. The summed E-state index contributed by atoms with van der Waals surface area (Å²) in [6, 6.07) is 0. The van der Waals surface area contributed by atoms with Gasteiger partial charge in [-0.25, -0.2) is 0 Å². The monoisotopic (exact) mass is 168 g/mol. The highest BCUT2D eigenvalue weighted by atomic mass is 14.6. The highest BCUT2D eigenvalue weighted by molar-refractivity contribution is 5.00. The summed E-state index contributed by atoms with van der Waals surface area (Å²) in [7, 11) is 0.